The van der Waals surface area contributed by atoms with E-state index >= 15 is 0 Å². The average molecular weight is 165 g/mol. The molecule has 1 fully saturated rings. The third kappa shape index (κ3) is 1.03. The van der Waals surface area contributed by atoms with Gasteiger partial charge in [-0.2, -0.15) is 0 Å². The summed E-state index contributed by atoms with van der Waals surface area (Å²) < 4.78 is 13.8. The predicted molar refractivity (Wildman–Crippen MR) is 46.4 cm³/mol. The van der Waals surface area contributed by atoms with Crippen LogP contribution in [0.5, 0.6) is 0 Å². The highest BCUT2D eigenvalue weighted by Crippen LogP contribution is 2.54. The minimum Gasteiger partial charge on any atom is -0.330 e. The van der Waals surface area contributed by atoms with Crippen LogP contribution in [-0.2, 0) is 5.67 Å². The lowest BCUT2D eigenvalue weighted by Gasteiger charge is -2.05. The van der Waals surface area contributed by atoms with Crippen molar-refractivity contribution >= 4 is 0 Å². The van der Waals surface area contributed by atoms with Gasteiger partial charge in [0.15, 0.2) is 0 Å². The molecule has 0 spiro atoms. The van der Waals surface area contributed by atoms with Crippen LogP contribution < -0.4 is 5.73 Å². The van der Waals surface area contributed by atoms with E-state index in [2.05, 4.69) is 0 Å². The number of rotatable bonds is 2. The molecule has 1 nitrogen and oxygen atoms in total. The Hall–Kier alpha value is -0.890. The Balaban J connectivity index is 2.23. The Bertz CT molecular complexity index is 272. The molecule has 2 rings (SSSR count). The van der Waals surface area contributed by atoms with Crippen molar-refractivity contribution in [2.45, 2.75) is 12.1 Å². The van der Waals surface area contributed by atoms with Gasteiger partial charge in [0.25, 0.3) is 0 Å². The first-order valence-corrected chi connectivity index (χ1v) is 4.22. The van der Waals surface area contributed by atoms with Gasteiger partial charge in [0.2, 0.25) is 0 Å². The normalized spacial score (nSPS) is 33.3. The van der Waals surface area contributed by atoms with Gasteiger partial charge < -0.3 is 5.73 Å². The fraction of sp³-hybridized carbons (Fsp3) is 0.400. The number of alkyl halides is 1. The number of hydrogen-bond donors (Lipinski definition) is 1. The lowest BCUT2D eigenvalue weighted by molar-refractivity contribution is 0.288. The molecule has 1 aliphatic carbocycles. The molecule has 2 N–H and O–H groups in total. The highest BCUT2D eigenvalue weighted by molar-refractivity contribution is 5.29. The summed E-state index contributed by atoms with van der Waals surface area (Å²) in [7, 11) is 0. The maximum atomic E-state index is 13.8. The topological polar surface area (TPSA) is 26.0 Å². The summed E-state index contributed by atoms with van der Waals surface area (Å²) in [5.74, 6) is 0.0416. The van der Waals surface area contributed by atoms with Crippen molar-refractivity contribution in [3.05, 3.63) is 35.9 Å². The maximum Gasteiger partial charge on any atom is 0.140 e. The fourth-order valence-electron chi connectivity index (χ4n) is 1.64. The number of halogens is 1. The first kappa shape index (κ1) is 7.74. The fourth-order valence-corrected chi connectivity index (χ4v) is 1.64. The molecule has 2 atom stereocenters. The summed E-state index contributed by atoms with van der Waals surface area (Å²) in [6.07, 6.45) is 0.591. The Labute approximate surface area is 71.4 Å². The Morgan fingerprint density at radius 1 is 1.42 bits per heavy atom. The van der Waals surface area contributed by atoms with Crippen LogP contribution in [0.3, 0.4) is 0 Å². The van der Waals surface area contributed by atoms with E-state index in [1.807, 2.05) is 30.3 Å². The molecule has 0 bridgehead atoms. The molecular formula is C10H12FN. The minimum absolute atomic E-state index is 0.0416. The van der Waals surface area contributed by atoms with Gasteiger partial charge in [0.05, 0.1) is 0 Å². The van der Waals surface area contributed by atoms with Gasteiger partial charge in [-0.25, -0.2) is 4.39 Å². The lowest BCUT2D eigenvalue weighted by Crippen LogP contribution is -2.10. The van der Waals surface area contributed by atoms with Gasteiger partial charge in [0.1, 0.15) is 5.67 Å². The summed E-state index contributed by atoms with van der Waals surface area (Å²) >= 11 is 0. The zero-order chi connectivity index (χ0) is 8.60. The van der Waals surface area contributed by atoms with Gasteiger partial charge in [-0.05, 0) is 18.5 Å². The van der Waals surface area contributed by atoms with E-state index in [1.165, 1.54) is 0 Å². The maximum absolute atomic E-state index is 13.8. The highest BCUT2D eigenvalue weighted by atomic mass is 19.1. The first-order chi connectivity index (χ1) is 5.77. The van der Waals surface area contributed by atoms with Crippen LogP contribution in [0.1, 0.15) is 12.0 Å². The summed E-state index contributed by atoms with van der Waals surface area (Å²) in [6.45, 7) is 0.450. The van der Waals surface area contributed by atoms with Crippen LogP contribution in [-0.4, -0.2) is 6.54 Å². The minimum atomic E-state index is -1.12. The van der Waals surface area contributed by atoms with Crippen molar-refractivity contribution < 1.29 is 4.39 Å². The molecule has 0 amide bonds. The monoisotopic (exact) mass is 165 g/mol. The van der Waals surface area contributed by atoms with Gasteiger partial charge in [-0.3, -0.25) is 0 Å². The van der Waals surface area contributed by atoms with Crippen molar-refractivity contribution in [1.82, 2.24) is 0 Å². The summed E-state index contributed by atoms with van der Waals surface area (Å²) in [5, 5.41) is 0. The summed E-state index contributed by atoms with van der Waals surface area (Å²) in [4.78, 5) is 0. The van der Waals surface area contributed by atoms with E-state index < -0.39 is 5.67 Å². The lowest BCUT2D eigenvalue weighted by atomic mass is 10.1. The van der Waals surface area contributed by atoms with Crippen LogP contribution in [0.25, 0.3) is 0 Å². The first-order valence-electron chi connectivity index (χ1n) is 4.22. The van der Waals surface area contributed by atoms with E-state index in [-0.39, 0.29) is 5.92 Å². The van der Waals surface area contributed by atoms with E-state index in [1.54, 1.807) is 0 Å². The molecule has 2 heteroatoms. The Morgan fingerprint density at radius 2 is 2.08 bits per heavy atom. The summed E-state index contributed by atoms with van der Waals surface area (Å²) in [6, 6.07) is 9.28. The van der Waals surface area contributed by atoms with Crippen LogP contribution in [0.15, 0.2) is 30.3 Å². The molecule has 64 valence electrons. The van der Waals surface area contributed by atoms with Gasteiger partial charge in [-0.15, -0.1) is 0 Å². The number of nitrogens with two attached hydrogens (primary N) is 1. The van der Waals surface area contributed by atoms with Crippen LogP contribution >= 0.6 is 0 Å². The quantitative estimate of drug-likeness (QED) is 0.710. The van der Waals surface area contributed by atoms with Crippen molar-refractivity contribution in [2.75, 3.05) is 6.54 Å². The molecule has 1 aromatic rings. The zero-order valence-corrected chi connectivity index (χ0v) is 6.83. The van der Waals surface area contributed by atoms with E-state index in [0.29, 0.717) is 13.0 Å². The molecule has 0 heterocycles. The standard InChI is InChI=1S/C10H12FN/c11-10(6-9(10)7-12)8-4-2-1-3-5-8/h1-5,9H,6-7,12H2/t9-,10+/m0/s1. The SMILES string of the molecule is NC[C@@H]1C[C@@]1(F)c1ccccc1. The second-order valence-corrected chi connectivity index (χ2v) is 3.37. The smallest absolute Gasteiger partial charge is 0.140 e. The molecule has 0 aliphatic heterocycles. The van der Waals surface area contributed by atoms with Gasteiger partial charge in [-0.1, -0.05) is 30.3 Å². The van der Waals surface area contributed by atoms with Crippen molar-refractivity contribution in [1.29, 1.82) is 0 Å². The van der Waals surface area contributed by atoms with E-state index in [0.717, 1.165) is 5.56 Å². The molecule has 0 unspecified atom stereocenters. The molecular weight excluding hydrogens is 153 g/mol. The molecule has 0 radical (unpaired) electrons. The Kier molecular flexibility index (Phi) is 1.65. The molecule has 1 aliphatic rings. The molecule has 0 saturated heterocycles. The van der Waals surface area contributed by atoms with Crippen LogP contribution in [0.2, 0.25) is 0 Å². The second kappa shape index (κ2) is 2.56. The van der Waals surface area contributed by atoms with Gasteiger partial charge >= 0.3 is 0 Å². The largest absolute Gasteiger partial charge is 0.330 e. The molecule has 12 heavy (non-hydrogen) atoms. The summed E-state index contributed by atoms with van der Waals surface area (Å²) in [5.41, 5.74) is 5.07. The van der Waals surface area contributed by atoms with Crippen LogP contribution in [0.4, 0.5) is 4.39 Å². The van der Waals surface area contributed by atoms with Crippen LogP contribution in [0, 0.1) is 5.92 Å². The van der Waals surface area contributed by atoms with Crippen molar-refractivity contribution in [3.63, 3.8) is 0 Å². The average Bonchev–Trinajstić information content (AvgIpc) is 2.81. The molecule has 1 aromatic carbocycles. The molecule has 0 aromatic heterocycles. The van der Waals surface area contributed by atoms with Crippen molar-refractivity contribution in [2.24, 2.45) is 11.7 Å². The van der Waals surface area contributed by atoms with E-state index in [9.17, 15) is 4.39 Å². The van der Waals surface area contributed by atoms with Gasteiger partial charge in [0, 0.05) is 5.92 Å². The number of benzene rings is 1. The third-order valence-corrected chi connectivity index (χ3v) is 2.57. The third-order valence-electron chi connectivity index (χ3n) is 2.57. The Morgan fingerprint density at radius 3 is 2.58 bits per heavy atom. The second-order valence-electron chi connectivity index (χ2n) is 3.37. The van der Waals surface area contributed by atoms with E-state index in [4.69, 9.17) is 5.73 Å². The highest BCUT2D eigenvalue weighted by Gasteiger charge is 2.55. The zero-order valence-electron chi connectivity index (χ0n) is 6.83. The predicted octanol–water partition coefficient (Wildman–Crippen LogP) is 1.83. The molecule has 1 saturated carbocycles. The van der Waals surface area contributed by atoms with Crippen molar-refractivity contribution in [3.8, 4) is 0 Å². The number of hydrogen-bond acceptors (Lipinski definition) is 1.